The standard InChI is InChI=1S/C24H30N2O/c1-18-23(21-10-5-9-20(17-21)22(25)27)12-6-13-24(18,26-16-15-23)14-11-19-7-3-2-4-8-19/h2-5,7-10,17-18,26H,6,11-16H2,1H3,(H2,25,27). The molecule has 3 heteroatoms. The lowest BCUT2D eigenvalue weighted by atomic mass is 9.52. The molecule has 3 nitrogen and oxygen atoms in total. The van der Waals surface area contributed by atoms with Gasteiger partial charge >= 0.3 is 0 Å². The van der Waals surface area contributed by atoms with Gasteiger partial charge in [0.2, 0.25) is 5.91 Å². The second kappa shape index (κ2) is 7.12. The summed E-state index contributed by atoms with van der Waals surface area (Å²) in [6, 6.07) is 18.9. The van der Waals surface area contributed by atoms with Gasteiger partial charge in [-0.05, 0) is 67.8 Å². The van der Waals surface area contributed by atoms with E-state index in [2.05, 4.69) is 54.7 Å². The van der Waals surface area contributed by atoms with E-state index in [0.29, 0.717) is 11.5 Å². The van der Waals surface area contributed by atoms with Crippen molar-refractivity contribution in [2.24, 2.45) is 11.7 Å². The monoisotopic (exact) mass is 362 g/mol. The minimum atomic E-state index is -0.332. The van der Waals surface area contributed by atoms with Gasteiger partial charge in [-0.3, -0.25) is 4.79 Å². The van der Waals surface area contributed by atoms with Crippen LogP contribution in [0.2, 0.25) is 0 Å². The SMILES string of the molecule is CC1C2(CCc3ccccc3)CCCC1(c1cccc(C(N)=O)c1)CCN2. The van der Waals surface area contributed by atoms with Gasteiger partial charge in [-0.2, -0.15) is 0 Å². The van der Waals surface area contributed by atoms with Crippen molar-refractivity contribution in [2.75, 3.05) is 6.54 Å². The van der Waals surface area contributed by atoms with Crippen molar-refractivity contribution >= 4 is 5.91 Å². The van der Waals surface area contributed by atoms with Crippen LogP contribution in [0.4, 0.5) is 0 Å². The lowest BCUT2D eigenvalue weighted by Crippen LogP contribution is -2.65. The van der Waals surface area contributed by atoms with Gasteiger partial charge < -0.3 is 11.1 Å². The summed E-state index contributed by atoms with van der Waals surface area (Å²) in [4.78, 5) is 11.7. The van der Waals surface area contributed by atoms with E-state index in [1.165, 1.54) is 30.4 Å². The molecular weight excluding hydrogens is 332 g/mol. The Morgan fingerprint density at radius 1 is 1.11 bits per heavy atom. The molecule has 142 valence electrons. The number of piperidine rings is 1. The van der Waals surface area contributed by atoms with Crippen molar-refractivity contribution in [2.45, 2.75) is 56.4 Å². The maximum absolute atomic E-state index is 11.7. The molecule has 0 spiro atoms. The highest BCUT2D eigenvalue weighted by Crippen LogP contribution is 2.54. The predicted molar refractivity (Wildman–Crippen MR) is 110 cm³/mol. The highest BCUT2D eigenvalue weighted by molar-refractivity contribution is 5.93. The highest BCUT2D eigenvalue weighted by Gasteiger charge is 2.54. The molecule has 1 saturated carbocycles. The zero-order valence-corrected chi connectivity index (χ0v) is 16.2. The topological polar surface area (TPSA) is 55.1 Å². The highest BCUT2D eigenvalue weighted by atomic mass is 16.1. The first-order valence-electron chi connectivity index (χ1n) is 10.3. The van der Waals surface area contributed by atoms with E-state index < -0.39 is 0 Å². The van der Waals surface area contributed by atoms with Gasteiger partial charge in [-0.15, -0.1) is 0 Å². The molecule has 27 heavy (non-hydrogen) atoms. The molecule has 2 fully saturated rings. The van der Waals surface area contributed by atoms with E-state index >= 15 is 0 Å². The molecule has 1 aliphatic carbocycles. The van der Waals surface area contributed by atoms with E-state index in [4.69, 9.17) is 5.73 Å². The third kappa shape index (κ3) is 3.19. The Bertz CT molecular complexity index is 804. The average molecular weight is 363 g/mol. The van der Waals surface area contributed by atoms with Gasteiger partial charge in [-0.1, -0.05) is 55.8 Å². The smallest absolute Gasteiger partial charge is 0.248 e. The molecule has 4 rings (SSSR count). The number of amides is 1. The fourth-order valence-electron chi connectivity index (χ4n) is 5.76. The number of fused-ring (bicyclic) bond motifs is 2. The zero-order valence-electron chi connectivity index (χ0n) is 16.2. The largest absolute Gasteiger partial charge is 0.366 e. The lowest BCUT2D eigenvalue weighted by molar-refractivity contribution is 0.0194. The van der Waals surface area contributed by atoms with Crippen molar-refractivity contribution < 1.29 is 4.79 Å². The fraction of sp³-hybridized carbons (Fsp3) is 0.458. The number of nitrogens with two attached hydrogens (primary N) is 1. The number of aryl methyl sites for hydroxylation is 1. The fourth-order valence-corrected chi connectivity index (χ4v) is 5.76. The number of hydrogen-bond donors (Lipinski definition) is 2. The van der Waals surface area contributed by atoms with Crippen LogP contribution < -0.4 is 11.1 Å². The summed E-state index contributed by atoms with van der Waals surface area (Å²) in [5.74, 6) is 0.195. The van der Waals surface area contributed by atoms with Gasteiger partial charge in [-0.25, -0.2) is 0 Å². The minimum absolute atomic E-state index is 0.144. The molecule has 0 aromatic heterocycles. The van der Waals surface area contributed by atoms with Crippen molar-refractivity contribution in [3.8, 4) is 0 Å². The lowest BCUT2D eigenvalue weighted by Gasteiger charge is -2.59. The van der Waals surface area contributed by atoms with Crippen molar-refractivity contribution in [3.05, 3.63) is 71.3 Å². The summed E-state index contributed by atoms with van der Waals surface area (Å²) in [6.07, 6.45) is 7.06. The van der Waals surface area contributed by atoms with Crippen LogP contribution in [-0.2, 0) is 11.8 Å². The number of rotatable bonds is 5. The van der Waals surface area contributed by atoms with E-state index in [1.54, 1.807) is 0 Å². The molecule has 1 amide bonds. The first-order chi connectivity index (χ1) is 13.1. The number of benzene rings is 2. The molecule has 2 aromatic rings. The third-order valence-electron chi connectivity index (χ3n) is 7.38. The maximum atomic E-state index is 11.7. The number of primary amides is 1. The zero-order chi connectivity index (χ0) is 18.9. The molecule has 1 heterocycles. The van der Waals surface area contributed by atoms with E-state index in [0.717, 1.165) is 25.8 Å². The first kappa shape index (κ1) is 18.2. The predicted octanol–water partition coefficient (Wildman–Crippen LogP) is 4.21. The van der Waals surface area contributed by atoms with Gasteiger partial charge in [0.25, 0.3) is 0 Å². The molecular formula is C24H30N2O. The number of carbonyl (C=O) groups excluding carboxylic acids is 1. The quantitative estimate of drug-likeness (QED) is 0.837. The van der Waals surface area contributed by atoms with E-state index in [1.807, 2.05) is 12.1 Å². The summed E-state index contributed by atoms with van der Waals surface area (Å²) in [6.45, 7) is 3.47. The Morgan fingerprint density at radius 3 is 2.70 bits per heavy atom. The van der Waals surface area contributed by atoms with Gasteiger partial charge in [0, 0.05) is 16.5 Å². The molecule has 2 bridgehead atoms. The number of carbonyl (C=O) groups is 1. The third-order valence-corrected chi connectivity index (χ3v) is 7.38. The first-order valence-corrected chi connectivity index (χ1v) is 10.3. The van der Waals surface area contributed by atoms with Crippen molar-refractivity contribution in [1.82, 2.24) is 5.32 Å². The Labute approximate surface area is 162 Å². The van der Waals surface area contributed by atoms with E-state index in [9.17, 15) is 4.79 Å². The summed E-state index contributed by atoms with van der Waals surface area (Å²) in [5, 5.41) is 3.92. The van der Waals surface area contributed by atoms with E-state index in [-0.39, 0.29) is 16.9 Å². The molecule has 1 aliphatic heterocycles. The van der Waals surface area contributed by atoms with Gasteiger partial charge in [0.05, 0.1) is 0 Å². The molecule has 1 saturated heterocycles. The van der Waals surface area contributed by atoms with Crippen LogP contribution in [0.1, 0.15) is 60.5 Å². The Hall–Kier alpha value is -2.13. The molecule has 3 atom stereocenters. The maximum Gasteiger partial charge on any atom is 0.248 e. The minimum Gasteiger partial charge on any atom is -0.366 e. The summed E-state index contributed by atoms with van der Waals surface area (Å²) in [5.41, 5.74) is 9.23. The van der Waals surface area contributed by atoms with Gasteiger partial charge in [0.15, 0.2) is 0 Å². The van der Waals surface area contributed by atoms with Crippen molar-refractivity contribution in [3.63, 3.8) is 0 Å². The molecule has 3 N–H and O–H groups in total. The second-order valence-electron chi connectivity index (χ2n) is 8.49. The molecule has 0 radical (unpaired) electrons. The second-order valence-corrected chi connectivity index (χ2v) is 8.49. The summed E-state index contributed by atoms with van der Waals surface area (Å²) < 4.78 is 0. The average Bonchev–Trinajstić information content (AvgIpc) is 2.68. The Morgan fingerprint density at radius 2 is 1.93 bits per heavy atom. The van der Waals surface area contributed by atoms with Crippen LogP contribution in [0.25, 0.3) is 0 Å². The summed E-state index contributed by atoms with van der Waals surface area (Å²) >= 11 is 0. The molecule has 2 aliphatic rings. The Kier molecular flexibility index (Phi) is 4.81. The van der Waals surface area contributed by atoms with Crippen molar-refractivity contribution in [1.29, 1.82) is 0 Å². The van der Waals surface area contributed by atoms with Crippen LogP contribution >= 0.6 is 0 Å². The normalized spacial score (nSPS) is 30.0. The van der Waals surface area contributed by atoms with Crippen LogP contribution in [0.15, 0.2) is 54.6 Å². The van der Waals surface area contributed by atoms with Crippen LogP contribution in [0, 0.1) is 5.92 Å². The molecule has 2 aromatic carbocycles. The number of hydrogen-bond acceptors (Lipinski definition) is 2. The Balaban J connectivity index is 1.64. The van der Waals surface area contributed by atoms with Crippen LogP contribution in [0.5, 0.6) is 0 Å². The van der Waals surface area contributed by atoms with Crippen LogP contribution in [0.3, 0.4) is 0 Å². The molecule has 3 unspecified atom stereocenters. The number of nitrogens with one attached hydrogen (secondary N) is 1. The van der Waals surface area contributed by atoms with Crippen LogP contribution in [-0.4, -0.2) is 18.0 Å². The van der Waals surface area contributed by atoms with Gasteiger partial charge in [0.1, 0.15) is 0 Å². The summed E-state index contributed by atoms with van der Waals surface area (Å²) in [7, 11) is 0.